The van der Waals surface area contributed by atoms with Crippen LogP contribution in [0.1, 0.15) is 86.7 Å². The van der Waals surface area contributed by atoms with Gasteiger partial charge in [0.05, 0.1) is 48.8 Å². The van der Waals surface area contributed by atoms with E-state index in [9.17, 15) is 22.8 Å². The number of methoxy groups -OCH3 is 2. The molecular weight excluding hydrogens is 815 g/mol. The van der Waals surface area contributed by atoms with Gasteiger partial charge in [-0.1, -0.05) is 29.8 Å². The fourth-order valence-corrected chi connectivity index (χ4v) is 8.47. The molecule has 2 amide bonds. The Labute approximate surface area is 358 Å². The molecule has 0 unspecified atom stereocenters. The van der Waals surface area contributed by atoms with Crippen LogP contribution in [0, 0.1) is 0 Å². The molecule has 4 aromatic rings. The van der Waals surface area contributed by atoms with Gasteiger partial charge in [0.25, 0.3) is 0 Å². The normalized spacial score (nSPS) is 18.1. The largest absolute Gasteiger partial charge is 0.481 e. The van der Waals surface area contributed by atoms with Crippen LogP contribution in [0.2, 0.25) is 5.02 Å². The highest BCUT2D eigenvalue weighted by Gasteiger charge is 2.38. The molecule has 2 aliphatic heterocycles. The number of carbonyl (C=O) groups excluding carboxylic acids is 2. The van der Waals surface area contributed by atoms with Crippen molar-refractivity contribution in [3.05, 3.63) is 81.5 Å². The smallest absolute Gasteiger partial charge is 0.419 e. The molecule has 7 rings (SSSR count). The zero-order valence-corrected chi connectivity index (χ0v) is 35.6. The molecule has 326 valence electrons. The fourth-order valence-electron chi connectivity index (χ4n) is 8.16. The van der Waals surface area contributed by atoms with Gasteiger partial charge in [0.2, 0.25) is 17.7 Å². The van der Waals surface area contributed by atoms with Gasteiger partial charge in [0.1, 0.15) is 11.4 Å². The maximum atomic E-state index is 14.6. The number of carbonyl (C=O) groups is 2. The third-order valence-electron chi connectivity index (χ3n) is 11.1. The lowest BCUT2D eigenvalue weighted by atomic mass is 9.98. The Morgan fingerprint density at radius 1 is 0.967 bits per heavy atom. The van der Waals surface area contributed by atoms with Crippen molar-refractivity contribution in [3.8, 4) is 34.3 Å². The van der Waals surface area contributed by atoms with Crippen LogP contribution in [-0.4, -0.2) is 83.5 Å². The summed E-state index contributed by atoms with van der Waals surface area (Å²) in [6.07, 6.45) is 0.00665. The first kappa shape index (κ1) is 43.9. The van der Waals surface area contributed by atoms with E-state index >= 15 is 0 Å². The van der Waals surface area contributed by atoms with Crippen LogP contribution in [0.3, 0.4) is 0 Å². The Hall–Kier alpha value is -5.19. The number of alkyl halides is 3. The summed E-state index contributed by atoms with van der Waals surface area (Å²) in [5.74, 6) is 0.0234. The molecule has 2 saturated heterocycles. The Morgan fingerprint density at radius 2 is 1.72 bits per heavy atom. The van der Waals surface area contributed by atoms with Crippen molar-refractivity contribution in [1.82, 2.24) is 30.5 Å². The molecule has 2 fully saturated rings. The molecule has 1 aromatic carbocycles. The Balaban J connectivity index is 1.13. The van der Waals surface area contributed by atoms with Crippen LogP contribution in [-0.2, 0) is 40.0 Å². The number of hydrogen-bond donors (Lipinski definition) is 3. The number of ether oxygens (including phenoxy) is 4. The van der Waals surface area contributed by atoms with E-state index in [0.717, 1.165) is 22.8 Å². The highest BCUT2D eigenvalue weighted by atomic mass is 35.5. The molecule has 1 aliphatic carbocycles. The van der Waals surface area contributed by atoms with Crippen molar-refractivity contribution < 1.29 is 41.7 Å². The Morgan fingerprint density at radius 3 is 2.41 bits per heavy atom. The topological polar surface area (TPSA) is 149 Å². The number of halogens is 4. The van der Waals surface area contributed by atoms with Crippen molar-refractivity contribution in [2.24, 2.45) is 0 Å². The summed E-state index contributed by atoms with van der Waals surface area (Å²) >= 11 is 7.16. The number of fused-ring (bicyclic) bond motifs is 1. The first-order valence-electron chi connectivity index (χ1n) is 20.4. The van der Waals surface area contributed by atoms with Crippen molar-refractivity contribution in [2.75, 3.05) is 39.3 Å². The average molecular weight is 866 g/mol. The number of nitrogens with one attached hydrogen (secondary N) is 3. The van der Waals surface area contributed by atoms with Crippen LogP contribution in [0.4, 0.5) is 23.8 Å². The van der Waals surface area contributed by atoms with Crippen LogP contribution in [0.25, 0.3) is 22.5 Å². The number of hydrogen-bond acceptors (Lipinski definition) is 11. The third-order valence-corrected chi connectivity index (χ3v) is 11.5. The summed E-state index contributed by atoms with van der Waals surface area (Å²) in [7, 11) is 2.89. The van der Waals surface area contributed by atoms with Gasteiger partial charge in [0, 0.05) is 73.3 Å². The van der Waals surface area contributed by atoms with E-state index in [1.54, 1.807) is 17.2 Å². The van der Waals surface area contributed by atoms with Crippen molar-refractivity contribution in [3.63, 3.8) is 0 Å². The SMILES string of the molecule is COc1nc(-c2ccnc(-c3cccc4c3CC[C@@H]4Nc3nc(OC)c(CNC[C@@H]4CCC(=O)N4)cc3C(F)(F)F)c2Cl)ccc1CN(C(=O)OC(C)(C)C)C1CCOCC1. The zero-order valence-electron chi connectivity index (χ0n) is 34.9. The molecule has 0 bridgehead atoms. The lowest BCUT2D eigenvalue weighted by Gasteiger charge is -2.35. The predicted octanol–water partition coefficient (Wildman–Crippen LogP) is 8.28. The molecule has 0 saturated carbocycles. The van der Waals surface area contributed by atoms with Crippen LogP contribution in [0.5, 0.6) is 11.8 Å². The monoisotopic (exact) mass is 865 g/mol. The van der Waals surface area contributed by atoms with E-state index in [0.29, 0.717) is 91.7 Å². The number of benzene rings is 1. The third kappa shape index (κ3) is 10.1. The number of rotatable bonds is 13. The summed E-state index contributed by atoms with van der Waals surface area (Å²) in [6.45, 7) is 7.29. The van der Waals surface area contributed by atoms with E-state index in [1.165, 1.54) is 14.2 Å². The summed E-state index contributed by atoms with van der Waals surface area (Å²) in [6, 6.07) is 11.5. The van der Waals surface area contributed by atoms with Crippen LogP contribution < -0.4 is 25.4 Å². The number of amides is 2. The van der Waals surface area contributed by atoms with Crippen LogP contribution in [0.15, 0.2) is 48.7 Å². The zero-order chi connectivity index (χ0) is 43.5. The molecule has 0 radical (unpaired) electrons. The fraction of sp³-hybridized carbons (Fsp3) is 0.477. The quantitative estimate of drug-likeness (QED) is 0.119. The Kier molecular flexibility index (Phi) is 13.3. The average Bonchev–Trinajstić information content (AvgIpc) is 3.84. The summed E-state index contributed by atoms with van der Waals surface area (Å²) in [5.41, 5.74) is 3.45. The number of nitrogens with zero attached hydrogens (tertiary/aromatic N) is 4. The van der Waals surface area contributed by atoms with Crippen molar-refractivity contribution >= 4 is 29.4 Å². The molecule has 5 heterocycles. The van der Waals surface area contributed by atoms with E-state index in [1.807, 2.05) is 51.1 Å². The second kappa shape index (κ2) is 18.4. The molecule has 17 heteroatoms. The lowest BCUT2D eigenvalue weighted by molar-refractivity contribution is -0.137. The van der Waals surface area contributed by atoms with Crippen LogP contribution >= 0.6 is 11.6 Å². The van der Waals surface area contributed by atoms with Gasteiger partial charge in [-0.2, -0.15) is 18.2 Å². The molecule has 61 heavy (non-hydrogen) atoms. The van der Waals surface area contributed by atoms with Gasteiger partial charge in [-0.05, 0) is 88.3 Å². The highest BCUT2D eigenvalue weighted by molar-refractivity contribution is 6.35. The minimum atomic E-state index is -4.70. The van der Waals surface area contributed by atoms with Gasteiger partial charge >= 0.3 is 12.3 Å². The first-order chi connectivity index (χ1) is 29.1. The standard InChI is InChI=1S/C44H51ClF3N7O6/c1-43(2,3)61-42(57)55(28-16-19-60-20-17-28)24-25-9-12-35(53-40(25)58-4)32-15-18-50-38(37(32)45)31-8-6-7-30-29(31)11-13-34(30)52-39-33(44(46,47)48)21-26(41(54-39)59-5)22-49-23-27-10-14-36(56)51-27/h6-9,12,15,18,21,27-28,34,49H,10-11,13-14,16-17,19-20,22-24H2,1-5H3,(H,51,56)(H,52,54)/t27-,34-/m0/s1. The maximum Gasteiger partial charge on any atom is 0.419 e. The maximum absolute atomic E-state index is 14.6. The molecule has 0 spiro atoms. The Bertz CT molecular complexity index is 2250. The first-order valence-corrected chi connectivity index (χ1v) is 20.8. The van der Waals surface area contributed by atoms with Gasteiger partial charge in [-0.3, -0.25) is 9.78 Å². The van der Waals surface area contributed by atoms with Gasteiger partial charge in [-0.15, -0.1) is 0 Å². The summed E-state index contributed by atoms with van der Waals surface area (Å²) < 4.78 is 66.3. The second-order valence-corrected chi connectivity index (χ2v) is 16.8. The number of pyridine rings is 3. The predicted molar refractivity (Wildman–Crippen MR) is 223 cm³/mol. The van der Waals surface area contributed by atoms with E-state index < -0.39 is 29.5 Å². The van der Waals surface area contributed by atoms with Gasteiger partial charge < -0.3 is 39.8 Å². The van der Waals surface area contributed by atoms with E-state index in [4.69, 9.17) is 35.5 Å². The van der Waals surface area contributed by atoms with Gasteiger partial charge in [-0.25, -0.2) is 9.78 Å². The highest BCUT2D eigenvalue weighted by Crippen LogP contribution is 2.44. The van der Waals surface area contributed by atoms with Crippen molar-refractivity contribution in [1.29, 1.82) is 0 Å². The molecule has 2 atom stereocenters. The number of anilines is 1. The molecule has 3 aliphatic rings. The molecule has 3 N–H and O–H groups in total. The van der Waals surface area contributed by atoms with Crippen molar-refractivity contribution in [2.45, 2.75) is 102 Å². The second-order valence-electron chi connectivity index (χ2n) is 16.4. The van der Waals surface area contributed by atoms with E-state index in [-0.39, 0.29) is 48.3 Å². The molecule has 13 nitrogen and oxygen atoms in total. The minimum Gasteiger partial charge on any atom is -0.481 e. The number of aromatic nitrogens is 3. The summed E-state index contributed by atoms with van der Waals surface area (Å²) in [5, 5.41) is 9.40. The van der Waals surface area contributed by atoms with E-state index in [2.05, 4.69) is 25.9 Å². The molecule has 3 aromatic heterocycles. The molecular formula is C44H51ClF3N7O6. The summed E-state index contributed by atoms with van der Waals surface area (Å²) in [4.78, 5) is 40.6. The lowest BCUT2D eigenvalue weighted by Crippen LogP contribution is -2.45. The minimum absolute atomic E-state index is 0.0397. The van der Waals surface area contributed by atoms with Gasteiger partial charge in [0.15, 0.2) is 0 Å².